The van der Waals surface area contributed by atoms with Crippen molar-refractivity contribution >= 4 is 17.9 Å². The summed E-state index contributed by atoms with van der Waals surface area (Å²) in [5.41, 5.74) is 0. The quantitative estimate of drug-likeness (QED) is 0.0261. The lowest BCUT2D eigenvalue weighted by atomic mass is 10.0. The second-order valence-corrected chi connectivity index (χ2v) is 21.6. The molecule has 0 aromatic carbocycles. The summed E-state index contributed by atoms with van der Waals surface area (Å²) in [4.78, 5) is 38.0. The first-order valence-corrected chi connectivity index (χ1v) is 32.3. The topological polar surface area (TPSA) is 78.9 Å². The Morgan fingerprint density at radius 3 is 0.878 bits per heavy atom. The second-order valence-electron chi connectivity index (χ2n) is 21.6. The van der Waals surface area contributed by atoms with E-state index in [9.17, 15) is 14.4 Å². The van der Waals surface area contributed by atoms with E-state index in [0.717, 1.165) is 96.3 Å². The maximum Gasteiger partial charge on any atom is 0.306 e. The van der Waals surface area contributed by atoms with Crippen LogP contribution in [0.3, 0.4) is 0 Å². The molecule has 0 bridgehead atoms. The van der Waals surface area contributed by atoms with Gasteiger partial charge in [-0.05, 0) is 77.0 Å². The molecule has 0 aromatic rings. The zero-order chi connectivity index (χ0) is 53.6. The first-order valence-electron chi connectivity index (χ1n) is 32.3. The minimum Gasteiger partial charge on any atom is -0.462 e. The van der Waals surface area contributed by atoms with Gasteiger partial charge in [0, 0.05) is 19.3 Å². The van der Waals surface area contributed by atoms with Gasteiger partial charge in [-0.15, -0.1) is 0 Å². The van der Waals surface area contributed by atoms with Crippen LogP contribution in [0, 0.1) is 0 Å². The Kier molecular flexibility index (Phi) is 60.2. The fourth-order valence-corrected chi connectivity index (χ4v) is 9.42. The highest BCUT2D eigenvalue weighted by molar-refractivity contribution is 5.71. The summed E-state index contributed by atoms with van der Waals surface area (Å²) in [5, 5.41) is 0. The average molecular weight is 1040 g/mol. The molecule has 0 saturated carbocycles. The fourth-order valence-electron chi connectivity index (χ4n) is 9.42. The highest BCUT2D eigenvalue weighted by Gasteiger charge is 2.19. The molecule has 6 heteroatoms. The van der Waals surface area contributed by atoms with E-state index in [1.807, 2.05) is 0 Å². The van der Waals surface area contributed by atoms with E-state index in [4.69, 9.17) is 14.2 Å². The van der Waals surface area contributed by atoms with Crippen LogP contribution in [0.1, 0.15) is 335 Å². The van der Waals surface area contributed by atoms with Gasteiger partial charge >= 0.3 is 17.9 Å². The van der Waals surface area contributed by atoms with Crippen LogP contribution in [-0.2, 0) is 28.6 Å². The Balaban J connectivity index is 3.95. The van der Waals surface area contributed by atoms with Gasteiger partial charge in [0.2, 0.25) is 0 Å². The van der Waals surface area contributed by atoms with Gasteiger partial charge in [0.1, 0.15) is 13.2 Å². The van der Waals surface area contributed by atoms with Gasteiger partial charge in [0.05, 0.1) is 0 Å². The van der Waals surface area contributed by atoms with Gasteiger partial charge in [-0.2, -0.15) is 0 Å². The molecule has 0 radical (unpaired) electrons. The molecular formula is C68H122O6. The standard InChI is InChI=1S/C68H122O6/c1-4-7-10-13-16-19-22-23-24-25-26-27-28-29-30-31-32-33-34-35-36-37-38-39-40-41-42-43-44-45-47-49-52-55-58-61-67(70)73-64-65(63-72-66(69)60-57-54-51-48-21-18-15-12-9-6-3)74-68(71)62-59-56-53-50-46-20-17-14-11-8-5-2/h7,10,14,16-17,19,23-24,26-27,65H,4-6,8-9,11-13,15,18,20-22,25,28-64H2,1-3H3/b10-7-,17-14-,19-16-,24-23-,27-26-. The third-order valence-corrected chi connectivity index (χ3v) is 14.3. The number of carbonyl (C=O) groups is 3. The molecular weight excluding hydrogens is 913 g/mol. The summed E-state index contributed by atoms with van der Waals surface area (Å²) in [6, 6.07) is 0. The second kappa shape index (κ2) is 62.6. The molecule has 74 heavy (non-hydrogen) atoms. The Bertz CT molecular complexity index is 1330. The van der Waals surface area contributed by atoms with Crippen molar-refractivity contribution in [3.63, 3.8) is 0 Å². The van der Waals surface area contributed by atoms with Crippen LogP contribution >= 0.6 is 0 Å². The minimum atomic E-state index is -0.772. The van der Waals surface area contributed by atoms with E-state index < -0.39 is 6.10 Å². The van der Waals surface area contributed by atoms with Crippen LogP contribution < -0.4 is 0 Å². The third-order valence-electron chi connectivity index (χ3n) is 14.3. The van der Waals surface area contributed by atoms with E-state index in [0.29, 0.717) is 19.3 Å². The van der Waals surface area contributed by atoms with Crippen molar-refractivity contribution in [1.82, 2.24) is 0 Å². The van der Waals surface area contributed by atoms with Gasteiger partial charge in [0.25, 0.3) is 0 Å². The van der Waals surface area contributed by atoms with E-state index in [2.05, 4.69) is 81.5 Å². The summed E-state index contributed by atoms with van der Waals surface area (Å²) in [6.45, 7) is 6.50. The van der Waals surface area contributed by atoms with Gasteiger partial charge in [0.15, 0.2) is 6.10 Å². The molecule has 1 unspecified atom stereocenters. The van der Waals surface area contributed by atoms with Crippen molar-refractivity contribution in [1.29, 1.82) is 0 Å². The number of rotatable bonds is 59. The monoisotopic (exact) mass is 1030 g/mol. The summed E-state index contributed by atoms with van der Waals surface area (Å²) < 4.78 is 16.8. The lowest BCUT2D eigenvalue weighted by Gasteiger charge is -2.18. The molecule has 0 aromatic heterocycles. The molecule has 0 fully saturated rings. The lowest BCUT2D eigenvalue weighted by molar-refractivity contribution is -0.167. The molecule has 0 aliphatic heterocycles. The summed E-state index contributed by atoms with van der Waals surface area (Å²) in [7, 11) is 0. The number of hydrogen-bond donors (Lipinski definition) is 0. The van der Waals surface area contributed by atoms with Gasteiger partial charge < -0.3 is 14.2 Å². The van der Waals surface area contributed by atoms with Crippen LogP contribution in [0.25, 0.3) is 0 Å². The molecule has 0 N–H and O–H groups in total. The maximum atomic E-state index is 12.8. The van der Waals surface area contributed by atoms with E-state index in [1.165, 1.54) is 199 Å². The predicted octanol–water partition coefficient (Wildman–Crippen LogP) is 21.9. The number of allylic oxidation sites excluding steroid dienone is 10. The molecule has 0 rings (SSSR count). The van der Waals surface area contributed by atoms with Gasteiger partial charge in [-0.25, -0.2) is 0 Å². The molecule has 0 saturated heterocycles. The highest BCUT2D eigenvalue weighted by atomic mass is 16.6. The zero-order valence-corrected chi connectivity index (χ0v) is 49.4. The number of esters is 3. The lowest BCUT2D eigenvalue weighted by Crippen LogP contribution is -2.30. The van der Waals surface area contributed by atoms with Crippen molar-refractivity contribution < 1.29 is 28.6 Å². The molecule has 0 amide bonds. The number of hydrogen-bond acceptors (Lipinski definition) is 6. The van der Waals surface area contributed by atoms with Crippen LogP contribution in [-0.4, -0.2) is 37.2 Å². The largest absolute Gasteiger partial charge is 0.462 e. The minimum absolute atomic E-state index is 0.0717. The van der Waals surface area contributed by atoms with E-state index in [-0.39, 0.29) is 31.1 Å². The molecule has 6 nitrogen and oxygen atoms in total. The third kappa shape index (κ3) is 60.0. The van der Waals surface area contributed by atoms with Crippen LogP contribution in [0.2, 0.25) is 0 Å². The summed E-state index contributed by atoms with van der Waals surface area (Å²) in [5.74, 6) is -0.867. The van der Waals surface area contributed by atoms with Crippen LogP contribution in [0.5, 0.6) is 0 Å². The highest BCUT2D eigenvalue weighted by Crippen LogP contribution is 2.18. The number of ether oxygens (including phenoxy) is 3. The van der Waals surface area contributed by atoms with Crippen molar-refractivity contribution in [3.05, 3.63) is 60.8 Å². The summed E-state index contributed by atoms with van der Waals surface area (Å²) in [6.07, 6.45) is 79.8. The van der Waals surface area contributed by atoms with Gasteiger partial charge in [-0.3, -0.25) is 14.4 Å². The van der Waals surface area contributed by atoms with Gasteiger partial charge in [-0.1, -0.05) is 300 Å². The first kappa shape index (κ1) is 71.1. The van der Waals surface area contributed by atoms with Crippen molar-refractivity contribution in [2.45, 2.75) is 341 Å². The van der Waals surface area contributed by atoms with Crippen molar-refractivity contribution in [3.8, 4) is 0 Å². The molecule has 0 aliphatic carbocycles. The Morgan fingerprint density at radius 1 is 0.284 bits per heavy atom. The van der Waals surface area contributed by atoms with Crippen LogP contribution in [0.15, 0.2) is 60.8 Å². The van der Waals surface area contributed by atoms with E-state index in [1.54, 1.807) is 0 Å². The van der Waals surface area contributed by atoms with Crippen molar-refractivity contribution in [2.24, 2.45) is 0 Å². The van der Waals surface area contributed by atoms with E-state index >= 15 is 0 Å². The molecule has 1 atom stereocenters. The van der Waals surface area contributed by atoms with Crippen LogP contribution in [0.4, 0.5) is 0 Å². The first-order chi connectivity index (χ1) is 36.5. The Morgan fingerprint density at radius 2 is 0.541 bits per heavy atom. The Hall–Kier alpha value is -2.89. The average Bonchev–Trinajstić information content (AvgIpc) is 3.40. The SMILES string of the molecule is CC/C=C\C/C=C\C/C=C\C/C=C\CCCCCCCCCCCCCCCCCCCCCCCCC(=O)OCC(COC(=O)CCCCCCCCCCCC)OC(=O)CCCCCCC/C=C\CCCC. The molecule has 430 valence electrons. The smallest absolute Gasteiger partial charge is 0.306 e. The normalized spacial score (nSPS) is 12.4. The fraction of sp³-hybridized carbons (Fsp3) is 0.809. The molecule has 0 spiro atoms. The molecule has 0 heterocycles. The number of unbranched alkanes of at least 4 members (excludes halogenated alkanes) is 38. The Labute approximate surface area is 460 Å². The van der Waals surface area contributed by atoms with Crippen molar-refractivity contribution in [2.75, 3.05) is 13.2 Å². The maximum absolute atomic E-state index is 12.8. The predicted molar refractivity (Wildman–Crippen MR) is 321 cm³/mol. The molecule has 0 aliphatic rings. The zero-order valence-electron chi connectivity index (χ0n) is 49.4. The summed E-state index contributed by atoms with van der Waals surface area (Å²) >= 11 is 0. The number of carbonyl (C=O) groups excluding carboxylic acids is 3.